The Kier molecular flexibility index (Phi) is 1.29. The molecule has 0 nitrogen and oxygen atoms in total. The van der Waals surface area contributed by atoms with Gasteiger partial charge in [0.2, 0.25) is 0 Å². The zero-order valence-corrected chi connectivity index (χ0v) is 6.84. The van der Waals surface area contributed by atoms with Crippen LogP contribution in [0.15, 0.2) is 0 Å². The molecule has 0 unspecified atom stereocenters. The normalized spacial score (nSPS) is 49.7. The van der Waals surface area contributed by atoms with E-state index in [0.717, 1.165) is 11.3 Å². The van der Waals surface area contributed by atoms with E-state index in [2.05, 4.69) is 18.7 Å². The van der Waals surface area contributed by atoms with E-state index in [-0.39, 0.29) is 0 Å². The summed E-state index contributed by atoms with van der Waals surface area (Å²) in [5.74, 6) is 3.95. The van der Waals surface area contributed by atoms with Crippen molar-refractivity contribution >= 4 is 11.8 Å². The van der Waals surface area contributed by atoms with Gasteiger partial charge < -0.3 is 0 Å². The zero-order valence-electron chi connectivity index (χ0n) is 6.02. The molecule has 0 bridgehead atoms. The molecule has 52 valence electrons. The highest BCUT2D eigenvalue weighted by molar-refractivity contribution is 7.99. The van der Waals surface area contributed by atoms with Gasteiger partial charge in [-0.25, -0.2) is 0 Å². The second kappa shape index (κ2) is 1.91. The summed E-state index contributed by atoms with van der Waals surface area (Å²) in [7, 11) is 0. The molecule has 1 saturated carbocycles. The topological polar surface area (TPSA) is 0 Å². The van der Waals surface area contributed by atoms with Crippen molar-refractivity contribution in [2.75, 3.05) is 11.5 Å². The first kappa shape index (κ1) is 6.09. The van der Waals surface area contributed by atoms with Crippen LogP contribution in [-0.4, -0.2) is 11.5 Å². The summed E-state index contributed by atoms with van der Waals surface area (Å²) in [6, 6.07) is 0. The first-order valence-electron chi connectivity index (χ1n) is 3.89. The lowest BCUT2D eigenvalue weighted by Gasteiger charge is -2.43. The van der Waals surface area contributed by atoms with E-state index in [1.807, 2.05) is 0 Å². The van der Waals surface area contributed by atoms with E-state index in [1.54, 1.807) is 0 Å². The Hall–Kier alpha value is 0.350. The van der Waals surface area contributed by atoms with Crippen LogP contribution in [0.3, 0.4) is 0 Å². The third-order valence-electron chi connectivity index (χ3n) is 2.75. The van der Waals surface area contributed by atoms with Crippen LogP contribution < -0.4 is 0 Å². The minimum Gasteiger partial charge on any atom is -0.161 e. The molecule has 1 heteroatoms. The smallest absolute Gasteiger partial charge is 0.00103 e. The van der Waals surface area contributed by atoms with Crippen molar-refractivity contribution in [1.29, 1.82) is 0 Å². The summed E-state index contributed by atoms with van der Waals surface area (Å²) in [5.41, 5.74) is 0.851. The summed E-state index contributed by atoms with van der Waals surface area (Å²) in [6.07, 6.45) is 4.57. The van der Waals surface area contributed by atoms with Crippen LogP contribution >= 0.6 is 11.8 Å². The van der Waals surface area contributed by atoms with E-state index in [4.69, 9.17) is 0 Å². The Labute approximate surface area is 61.4 Å². The minimum atomic E-state index is 0.851. The Morgan fingerprint density at radius 3 is 2.67 bits per heavy atom. The molecule has 0 aromatic rings. The van der Waals surface area contributed by atoms with Crippen molar-refractivity contribution in [3.05, 3.63) is 0 Å². The number of hydrogen-bond donors (Lipinski definition) is 0. The fourth-order valence-corrected chi connectivity index (χ4v) is 3.92. The van der Waals surface area contributed by atoms with Crippen LogP contribution in [0.5, 0.6) is 0 Å². The van der Waals surface area contributed by atoms with Crippen LogP contribution in [0.25, 0.3) is 0 Å². The van der Waals surface area contributed by atoms with Crippen molar-refractivity contribution in [2.24, 2.45) is 11.3 Å². The molecule has 2 fully saturated rings. The lowest BCUT2D eigenvalue weighted by atomic mass is 9.63. The van der Waals surface area contributed by atoms with E-state index < -0.39 is 0 Å². The van der Waals surface area contributed by atoms with E-state index in [9.17, 15) is 0 Å². The van der Waals surface area contributed by atoms with Gasteiger partial charge in [0.15, 0.2) is 0 Å². The molecule has 2 rings (SSSR count). The zero-order chi connectivity index (χ0) is 6.32. The maximum atomic E-state index is 2.38. The Balaban J connectivity index is 1.95. The summed E-state index contributed by atoms with van der Waals surface area (Å²) in [5, 5.41) is 0. The van der Waals surface area contributed by atoms with Gasteiger partial charge in [-0.1, -0.05) is 6.92 Å². The molecule has 0 amide bonds. The second-order valence-corrected chi connectivity index (χ2v) is 4.92. The van der Waals surface area contributed by atoms with Crippen LogP contribution in [0.2, 0.25) is 0 Å². The standard InChI is InChI=1S/C8H14S/c1-7-4-8(5-7)2-3-9-6-8/h7H,2-6H2,1H3. The van der Waals surface area contributed by atoms with Gasteiger partial charge in [-0.15, -0.1) is 0 Å². The third-order valence-corrected chi connectivity index (χ3v) is 4.06. The lowest BCUT2D eigenvalue weighted by Crippen LogP contribution is -2.35. The monoisotopic (exact) mass is 142 g/mol. The Morgan fingerprint density at radius 1 is 1.44 bits per heavy atom. The first-order chi connectivity index (χ1) is 4.31. The number of hydrogen-bond acceptors (Lipinski definition) is 1. The average molecular weight is 142 g/mol. The highest BCUT2D eigenvalue weighted by atomic mass is 32.2. The number of rotatable bonds is 0. The maximum absolute atomic E-state index is 2.38. The summed E-state index contributed by atoms with van der Waals surface area (Å²) < 4.78 is 0. The predicted molar refractivity (Wildman–Crippen MR) is 42.8 cm³/mol. The van der Waals surface area contributed by atoms with Crippen molar-refractivity contribution in [3.63, 3.8) is 0 Å². The average Bonchev–Trinajstić information content (AvgIpc) is 2.12. The van der Waals surface area contributed by atoms with Gasteiger partial charge in [0.25, 0.3) is 0 Å². The van der Waals surface area contributed by atoms with E-state index >= 15 is 0 Å². The van der Waals surface area contributed by atoms with Gasteiger partial charge in [0.05, 0.1) is 0 Å². The van der Waals surface area contributed by atoms with Crippen molar-refractivity contribution in [3.8, 4) is 0 Å². The Morgan fingerprint density at radius 2 is 2.22 bits per heavy atom. The lowest BCUT2D eigenvalue weighted by molar-refractivity contribution is 0.0971. The molecule has 0 atom stereocenters. The van der Waals surface area contributed by atoms with Crippen LogP contribution in [0, 0.1) is 11.3 Å². The molecule has 0 radical (unpaired) electrons. The third kappa shape index (κ3) is 0.899. The van der Waals surface area contributed by atoms with Gasteiger partial charge in [-0.3, -0.25) is 0 Å². The Bertz CT molecular complexity index is 106. The number of thioether (sulfide) groups is 1. The molecule has 1 aliphatic carbocycles. The fourth-order valence-electron chi connectivity index (χ4n) is 2.39. The van der Waals surface area contributed by atoms with Gasteiger partial charge in [0.1, 0.15) is 0 Å². The van der Waals surface area contributed by atoms with Crippen LogP contribution in [0.4, 0.5) is 0 Å². The van der Waals surface area contributed by atoms with Gasteiger partial charge in [0, 0.05) is 0 Å². The van der Waals surface area contributed by atoms with E-state index in [1.165, 1.54) is 30.8 Å². The van der Waals surface area contributed by atoms with Crippen LogP contribution in [-0.2, 0) is 0 Å². The van der Waals surface area contributed by atoms with Crippen molar-refractivity contribution in [2.45, 2.75) is 26.2 Å². The highest BCUT2D eigenvalue weighted by Gasteiger charge is 2.43. The first-order valence-corrected chi connectivity index (χ1v) is 5.04. The summed E-state index contributed by atoms with van der Waals surface area (Å²) >= 11 is 2.16. The largest absolute Gasteiger partial charge is 0.161 e. The molecule has 2 aliphatic rings. The fraction of sp³-hybridized carbons (Fsp3) is 1.00. The molecule has 1 heterocycles. The summed E-state index contributed by atoms with van der Waals surface area (Å²) in [6.45, 7) is 2.38. The van der Waals surface area contributed by atoms with E-state index in [0.29, 0.717) is 0 Å². The molecule has 0 aromatic carbocycles. The van der Waals surface area contributed by atoms with Crippen LogP contribution in [0.1, 0.15) is 26.2 Å². The molecule has 1 spiro atoms. The molecular formula is C8H14S. The molecule has 0 aromatic heterocycles. The van der Waals surface area contributed by atoms with Crippen molar-refractivity contribution < 1.29 is 0 Å². The summed E-state index contributed by atoms with van der Waals surface area (Å²) in [4.78, 5) is 0. The quantitative estimate of drug-likeness (QED) is 0.501. The molecule has 1 aliphatic heterocycles. The van der Waals surface area contributed by atoms with Crippen molar-refractivity contribution in [1.82, 2.24) is 0 Å². The van der Waals surface area contributed by atoms with Gasteiger partial charge >= 0.3 is 0 Å². The van der Waals surface area contributed by atoms with Gasteiger partial charge in [-0.2, -0.15) is 11.8 Å². The molecule has 0 N–H and O–H groups in total. The maximum Gasteiger partial charge on any atom is -0.00103 e. The predicted octanol–water partition coefficient (Wildman–Crippen LogP) is 2.54. The molecule has 9 heavy (non-hydrogen) atoms. The molecule has 1 saturated heterocycles. The minimum absolute atomic E-state index is 0.851. The van der Waals surface area contributed by atoms with Gasteiger partial charge in [-0.05, 0) is 42.1 Å². The highest BCUT2D eigenvalue weighted by Crippen LogP contribution is 2.53. The SMILES string of the molecule is CC1CC2(CCSC2)C1. The molecular weight excluding hydrogens is 128 g/mol. The second-order valence-electron chi connectivity index (χ2n) is 3.82.